The summed E-state index contributed by atoms with van der Waals surface area (Å²) in [5, 5.41) is 20.4. The number of hydrogen-bond donors (Lipinski definition) is 2. The van der Waals surface area contributed by atoms with Crippen LogP contribution in [0.1, 0.15) is 36.5 Å². The van der Waals surface area contributed by atoms with E-state index >= 15 is 0 Å². The van der Waals surface area contributed by atoms with Crippen molar-refractivity contribution in [3.05, 3.63) is 58.1 Å². The van der Waals surface area contributed by atoms with E-state index in [9.17, 15) is 10.2 Å². The second-order valence-corrected chi connectivity index (χ2v) is 5.34. The summed E-state index contributed by atoms with van der Waals surface area (Å²) in [4.78, 5) is 0. The zero-order valence-electron chi connectivity index (χ0n) is 11.5. The maximum absolute atomic E-state index is 10.1. The van der Waals surface area contributed by atoms with Gasteiger partial charge in [0.2, 0.25) is 0 Å². The van der Waals surface area contributed by atoms with E-state index in [-0.39, 0.29) is 22.4 Å². The first-order valence-electron chi connectivity index (χ1n) is 6.48. The summed E-state index contributed by atoms with van der Waals surface area (Å²) in [7, 11) is 0. The van der Waals surface area contributed by atoms with Gasteiger partial charge in [0.05, 0.1) is 5.02 Å². The molecule has 2 N–H and O–H groups in total. The molecular formula is C17H17ClO2. The summed E-state index contributed by atoms with van der Waals surface area (Å²) >= 11 is 6.17. The van der Waals surface area contributed by atoms with Gasteiger partial charge in [0.25, 0.3) is 0 Å². The van der Waals surface area contributed by atoms with Gasteiger partial charge in [-0.25, -0.2) is 0 Å². The Morgan fingerprint density at radius 3 is 2.30 bits per heavy atom. The number of halogens is 1. The molecule has 0 saturated carbocycles. The molecule has 0 amide bonds. The molecule has 0 aliphatic heterocycles. The smallest absolute Gasteiger partial charge is 0.141 e. The van der Waals surface area contributed by atoms with Crippen LogP contribution in [0, 0.1) is 0 Å². The summed E-state index contributed by atoms with van der Waals surface area (Å²) < 4.78 is 0. The van der Waals surface area contributed by atoms with Crippen LogP contribution >= 0.6 is 11.6 Å². The molecule has 2 aromatic rings. The third-order valence-corrected chi connectivity index (χ3v) is 3.51. The molecule has 20 heavy (non-hydrogen) atoms. The highest BCUT2D eigenvalue weighted by atomic mass is 35.5. The third kappa shape index (κ3) is 2.97. The van der Waals surface area contributed by atoms with E-state index in [4.69, 9.17) is 11.6 Å². The van der Waals surface area contributed by atoms with E-state index in [0.717, 1.165) is 5.56 Å². The molecule has 0 aliphatic rings. The van der Waals surface area contributed by atoms with Gasteiger partial charge in [-0.3, -0.25) is 0 Å². The summed E-state index contributed by atoms with van der Waals surface area (Å²) in [6.07, 6.45) is 3.66. The minimum atomic E-state index is -0.0469. The number of rotatable bonds is 3. The Bertz CT molecular complexity index is 631. The fourth-order valence-corrected chi connectivity index (χ4v) is 2.32. The van der Waals surface area contributed by atoms with E-state index < -0.39 is 0 Å². The van der Waals surface area contributed by atoms with Gasteiger partial charge in [-0.05, 0) is 17.5 Å². The Balaban J connectivity index is 2.42. The molecule has 0 atom stereocenters. The first kappa shape index (κ1) is 14.5. The van der Waals surface area contributed by atoms with Crippen molar-refractivity contribution in [3.63, 3.8) is 0 Å². The average Bonchev–Trinajstić information content (AvgIpc) is 2.42. The van der Waals surface area contributed by atoms with E-state index in [0.29, 0.717) is 11.1 Å². The van der Waals surface area contributed by atoms with Gasteiger partial charge in [-0.15, -0.1) is 0 Å². The Labute approximate surface area is 124 Å². The molecule has 2 aromatic carbocycles. The lowest BCUT2D eigenvalue weighted by molar-refractivity contribution is 0.433. The van der Waals surface area contributed by atoms with Crippen molar-refractivity contribution in [2.45, 2.75) is 19.8 Å². The standard InChI is InChI=1S/C17H17ClO2/c1-11(2)15-14(19)10-13(16(18)17(15)20)9-8-12-6-4-3-5-7-12/h3-11,19-20H,1-2H3/b9-8+. The van der Waals surface area contributed by atoms with Gasteiger partial charge in [0.15, 0.2) is 0 Å². The monoisotopic (exact) mass is 288 g/mol. The zero-order valence-corrected chi connectivity index (χ0v) is 12.2. The number of aromatic hydroxyl groups is 2. The Morgan fingerprint density at radius 2 is 1.70 bits per heavy atom. The highest BCUT2D eigenvalue weighted by Crippen LogP contribution is 2.41. The van der Waals surface area contributed by atoms with Crippen LogP contribution in [0.25, 0.3) is 12.2 Å². The second kappa shape index (κ2) is 6.02. The van der Waals surface area contributed by atoms with Gasteiger partial charge >= 0.3 is 0 Å². The van der Waals surface area contributed by atoms with E-state index in [1.165, 1.54) is 0 Å². The molecule has 0 heterocycles. The number of hydrogen-bond acceptors (Lipinski definition) is 2. The molecule has 0 fully saturated rings. The van der Waals surface area contributed by atoms with Gasteiger partial charge in [-0.1, -0.05) is 67.9 Å². The minimum Gasteiger partial charge on any atom is -0.507 e. The largest absolute Gasteiger partial charge is 0.507 e. The Hall–Kier alpha value is -1.93. The van der Waals surface area contributed by atoms with Crippen molar-refractivity contribution in [1.82, 2.24) is 0 Å². The minimum absolute atomic E-state index is 0.000321. The van der Waals surface area contributed by atoms with Crippen LogP contribution in [0.15, 0.2) is 36.4 Å². The van der Waals surface area contributed by atoms with Crippen LogP contribution in [0.5, 0.6) is 11.5 Å². The molecular weight excluding hydrogens is 272 g/mol. The Morgan fingerprint density at radius 1 is 1.05 bits per heavy atom. The fourth-order valence-electron chi connectivity index (χ4n) is 2.11. The topological polar surface area (TPSA) is 40.5 Å². The maximum atomic E-state index is 10.1. The molecule has 0 aromatic heterocycles. The predicted octanol–water partition coefficient (Wildman–Crippen LogP) is 5.05. The number of phenolic OH excluding ortho intramolecular Hbond substituents is 2. The van der Waals surface area contributed by atoms with Crippen LogP contribution in [0.2, 0.25) is 5.02 Å². The summed E-state index contributed by atoms with van der Waals surface area (Å²) in [5.74, 6) is 0.0173. The predicted molar refractivity (Wildman–Crippen MR) is 84.2 cm³/mol. The first-order chi connectivity index (χ1) is 9.50. The SMILES string of the molecule is CC(C)c1c(O)cc(/C=C/c2ccccc2)c(Cl)c1O. The second-order valence-electron chi connectivity index (χ2n) is 4.96. The molecule has 0 aliphatic carbocycles. The Kier molecular flexibility index (Phi) is 4.35. The van der Waals surface area contributed by atoms with Crippen LogP contribution < -0.4 is 0 Å². The van der Waals surface area contributed by atoms with Crippen molar-refractivity contribution >= 4 is 23.8 Å². The van der Waals surface area contributed by atoms with Gasteiger partial charge in [0.1, 0.15) is 11.5 Å². The van der Waals surface area contributed by atoms with E-state index in [1.807, 2.05) is 50.3 Å². The average molecular weight is 289 g/mol. The molecule has 2 rings (SSSR count). The van der Waals surface area contributed by atoms with Crippen LogP contribution in [0.3, 0.4) is 0 Å². The van der Waals surface area contributed by atoms with E-state index in [2.05, 4.69) is 0 Å². The lowest BCUT2D eigenvalue weighted by atomic mass is 9.98. The molecule has 104 valence electrons. The van der Waals surface area contributed by atoms with E-state index in [1.54, 1.807) is 12.1 Å². The van der Waals surface area contributed by atoms with Crippen LogP contribution in [0.4, 0.5) is 0 Å². The van der Waals surface area contributed by atoms with Crippen molar-refractivity contribution in [2.75, 3.05) is 0 Å². The lowest BCUT2D eigenvalue weighted by Gasteiger charge is -2.13. The quantitative estimate of drug-likeness (QED) is 0.776. The lowest BCUT2D eigenvalue weighted by Crippen LogP contribution is -1.92. The highest BCUT2D eigenvalue weighted by molar-refractivity contribution is 6.33. The van der Waals surface area contributed by atoms with Crippen molar-refractivity contribution in [3.8, 4) is 11.5 Å². The third-order valence-electron chi connectivity index (χ3n) is 3.12. The maximum Gasteiger partial charge on any atom is 0.141 e. The van der Waals surface area contributed by atoms with Crippen molar-refractivity contribution < 1.29 is 10.2 Å². The van der Waals surface area contributed by atoms with Gasteiger partial charge in [0, 0.05) is 11.1 Å². The molecule has 0 bridgehead atoms. The number of phenols is 2. The molecule has 0 saturated heterocycles. The molecule has 2 nitrogen and oxygen atoms in total. The van der Waals surface area contributed by atoms with Gasteiger partial charge < -0.3 is 10.2 Å². The molecule has 0 radical (unpaired) electrons. The van der Waals surface area contributed by atoms with Crippen LogP contribution in [-0.4, -0.2) is 10.2 Å². The summed E-state index contributed by atoms with van der Waals surface area (Å²) in [6.45, 7) is 3.79. The highest BCUT2D eigenvalue weighted by Gasteiger charge is 2.17. The zero-order chi connectivity index (χ0) is 14.7. The molecule has 3 heteroatoms. The first-order valence-corrected chi connectivity index (χ1v) is 6.86. The van der Waals surface area contributed by atoms with Crippen LogP contribution in [-0.2, 0) is 0 Å². The summed E-state index contributed by atoms with van der Waals surface area (Å²) in [5.41, 5.74) is 2.09. The summed E-state index contributed by atoms with van der Waals surface area (Å²) in [6, 6.07) is 11.3. The fraction of sp³-hybridized carbons (Fsp3) is 0.176. The normalized spacial score (nSPS) is 11.4. The number of benzene rings is 2. The van der Waals surface area contributed by atoms with Crippen molar-refractivity contribution in [2.24, 2.45) is 0 Å². The van der Waals surface area contributed by atoms with Gasteiger partial charge in [-0.2, -0.15) is 0 Å². The molecule has 0 spiro atoms. The van der Waals surface area contributed by atoms with Crippen molar-refractivity contribution in [1.29, 1.82) is 0 Å². The molecule has 0 unspecified atom stereocenters.